The Morgan fingerprint density at radius 3 is 2.88 bits per heavy atom. The smallest absolute Gasteiger partial charge is 0.234 e. The van der Waals surface area contributed by atoms with Crippen LogP contribution in [0.2, 0.25) is 0 Å². The van der Waals surface area contributed by atoms with Crippen molar-refractivity contribution in [2.24, 2.45) is 0 Å². The van der Waals surface area contributed by atoms with E-state index in [1.54, 1.807) is 7.11 Å². The zero-order chi connectivity index (χ0) is 12.7. The van der Waals surface area contributed by atoms with Crippen LogP contribution in [0.1, 0.15) is 25.5 Å². The molecule has 0 aliphatic carbocycles. The Labute approximate surface area is 102 Å². The van der Waals surface area contributed by atoms with Gasteiger partial charge in [0.05, 0.1) is 19.7 Å². The minimum Gasteiger partial charge on any atom is -0.497 e. The highest BCUT2D eigenvalue weighted by molar-refractivity contribution is 5.78. The van der Waals surface area contributed by atoms with Crippen LogP contribution in [-0.2, 0) is 4.79 Å². The van der Waals surface area contributed by atoms with Gasteiger partial charge >= 0.3 is 0 Å². The van der Waals surface area contributed by atoms with Crippen molar-refractivity contribution in [3.8, 4) is 5.75 Å². The standard InChI is InChI=1S/C13H20N2O2/c1-4-14-9-13(16)15-10(2)11-6-5-7-12(8-11)17-3/h5-8,10,14H,4,9H2,1-3H3,(H,15,16)/t10-/m1/s1. The largest absolute Gasteiger partial charge is 0.497 e. The highest BCUT2D eigenvalue weighted by Crippen LogP contribution is 2.18. The van der Waals surface area contributed by atoms with Gasteiger partial charge in [0.15, 0.2) is 0 Å². The van der Waals surface area contributed by atoms with Gasteiger partial charge in [0.1, 0.15) is 5.75 Å². The van der Waals surface area contributed by atoms with Gasteiger partial charge in [-0.05, 0) is 31.2 Å². The minimum atomic E-state index is -0.0174. The van der Waals surface area contributed by atoms with Gasteiger partial charge in [0.25, 0.3) is 0 Å². The van der Waals surface area contributed by atoms with Crippen molar-refractivity contribution in [2.45, 2.75) is 19.9 Å². The molecule has 1 amide bonds. The predicted molar refractivity (Wildman–Crippen MR) is 68.1 cm³/mol. The molecular weight excluding hydrogens is 216 g/mol. The Kier molecular flexibility index (Phi) is 5.49. The number of benzene rings is 1. The summed E-state index contributed by atoms with van der Waals surface area (Å²) < 4.78 is 5.15. The summed E-state index contributed by atoms with van der Waals surface area (Å²) in [4.78, 5) is 11.5. The highest BCUT2D eigenvalue weighted by atomic mass is 16.5. The van der Waals surface area contributed by atoms with Gasteiger partial charge in [-0.3, -0.25) is 4.79 Å². The summed E-state index contributed by atoms with van der Waals surface area (Å²) in [5.41, 5.74) is 1.04. The molecule has 0 saturated heterocycles. The minimum absolute atomic E-state index is 0.00201. The molecule has 1 aromatic carbocycles. The monoisotopic (exact) mass is 236 g/mol. The Hall–Kier alpha value is -1.55. The number of hydrogen-bond acceptors (Lipinski definition) is 3. The second-order valence-electron chi connectivity index (χ2n) is 3.85. The summed E-state index contributed by atoms with van der Waals surface area (Å²) in [5, 5.41) is 5.92. The van der Waals surface area contributed by atoms with E-state index < -0.39 is 0 Å². The van der Waals surface area contributed by atoms with Crippen molar-refractivity contribution in [2.75, 3.05) is 20.2 Å². The SMILES string of the molecule is CCNCC(=O)N[C@H](C)c1cccc(OC)c1. The van der Waals surface area contributed by atoms with Gasteiger partial charge in [0.2, 0.25) is 5.91 Å². The lowest BCUT2D eigenvalue weighted by Gasteiger charge is -2.15. The van der Waals surface area contributed by atoms with Crippen molar-refractivity contribution >= 4 is 5.91 Å². The third kappa shape index (κ3) is 4.44. The Bertz CT molecular complexity index is 366. The maximum Gasteiger partial charge on any atom is 0.234 e. The maximum absolute atomic E-state index is 11.5. The van der Waals surface area contributed by atoms with Crippen LogP contribution < -0.4 is 15.4 Å². The van der Waals surface area contributed by atoms with E-state index in [1.807, 2.05) is 38.1 Å². The van der Waals surface area contributed by atoms with Crippen molar-refractivity contribution in [1.82, 2.24) is 10.6 Å². The van der Waals surface area contributed by atoms with E-state index in [2.05, 4.69) is 10.6 Å². The van der Waals surface area contributed by atoms with E-state index >= 15 is 0 Å². The molecule has 0 aromatic heterocycles. The summed E-state index contributed by atoms with van der Waals surface area (Å²) in [6.45, 7) is 5.07. The third-order valence-corrected chi connectivity index (χ3v) is 2.51. The fourth-order valence-electron chi connectivity index (χ4n) is 1.53. The molecule has 0 fully saturated rings. The number of amides is 1. The van der Waals surface area contributed by atoms with Crippen LogP contribution in [0.25, 0.3) is 0 Å². The molecule has 17 heavy (non-hydrogen) atoms. The lowest BCUT2D eigenvalue weighted by atomic mass is 10.1. The topological polar surface area (TPSA) is 50.4 Å². The van der Waals surface area contributed by atoms with Crippen LogP contribution in [0.4, 0.5) is 0 Å². The molecule has 0 radical (unpaired) electrons. The Morgan fingerprint density at radius 2 is 2.24 bits per heavy atom. The number of methoxy groups -OCH3 is 1. The zero-order valence-electron chi connectivity index (χ0n) is 10.6. The first-order valence-corrected chi connectivity index (χ1v) is 5.81. The Morgan fingerprint density at radius 1 is 1.47 bits per heavy atom. The molecule has 4 nitrogen and oxygen atoms in total. The fraction of sp³-hybridized carbons (Fsp3) is 0.462. The molecule has 94 valence electrons. The van der Waals surface area contributed by atoms with Gasteiger partial charge in [-0.25, -0.2) is 0 Å². The van der Waals surface area contributed by atoms with E-state index in [0.717, 1.165) is 17.9 Å². The number of rotatable bonds is 6. The molecule has 2 N–H and O–H groups in total. The number of carbonyl (C=O) groups excluding carboxylic acids is 1. The zero-order valence-corrected chi connectivity index (χ0v) is 10.6. The number of carbonyl (C=O) groups is 1. The first-order chi connectivity index (χ1) is 8.17. The average molecular weight is 236 g/mol. The molecule has 1 atom stereocenters. The van der Waals surface area contributed by atoms with Crippen molar-refractivity contribution < 1.29 is 9.53 Å². The van der Waals surface area contributed by atoms with E-state index in [0.29, 0.717) is 6.54 Å². The summed E-state index contributed by atoms with van der Waals surface area (Å²) in [6, 6.07) is 7.69. The lowest BCUT2D eigenvalue weighted by molar-refractivity contribution is -0.120. The maximum atomic E-state index is 11.5. The molecule has 1 rings (SSSR count). The average Bonchev–Trinajstić information content (AvgIpc) is 2.36. The molecule has 4 heteroatoms. The molecule has 0 heterocycles. The summed E-state index contributed by atoms with van der Waals surface area (Å²) in [6.07, 6.45) is 0. The quantitative estimate of drug-likeness (QED) is 0.786. The van der Waals surface area contributed by atoms with Crippen molar-refractivity contribution in [3.63, 3.8) is 0 Å². The van der Waals surface area contributed by atoms with E-state index in [9.17, 15) is 4.79 Å². The van der Waals surface area contributed by atoms with Crippen LogP contribution in [-0.4, -0.2) is 26.1 Å². The molecule has 0 aliphatic heterocycles. The van der Waals surface area contributed by atoms with Gasteiger partial charge in [-0.1, -0.05) is 19.1 Å². The van der Waals surface area contributed by atoms with Gasteiger partial charge in [-0.2, -0.15) is 0 Å². The summed E-state index contributed by atoms with van der Waals surface area (Å²) in [5.74, 6) is 0.803. The number of nitrogens with one attached hydrogen (secondary N) is 2. The lowest BCUT2D eigenvalue weighted by Crippen LogP contribution is -2.35. The van der Waals surface area contributed by atoms with Gasteiger partial charge in [0, 0.05) is 0 Å². The third-order valence-electron chi connectivity index (χ3n) is 2.51. The summed E-state index contributed by atoms with van der Waals surface area (Å²) in [7, 11) is 1.63. The van der Waals surface area contributed by atoms with Crippen LogP contribution in [0, 0.1) is 0 Å². The molecule has 0 saturated carbocycles. The number of likely N-dealkylation sites (N-methyl/N-ethyl adjacent to an activating group) is 1. The van der Waals surface area contributed by atoms with Gasteiger partial charge in [-0.15, -0.1) is 0 Å². The van der Waals surface area contributed by atoms with E-state index in [4.69, 9.17) is 4.74 Å². The van der Waals surface area contributed by atoms with Crippen LogP contribution >= 0.6 is 0 Å². The molecule has 0 spiro atoms. The van der Waals surface area contributed by atoms with Crippen molar-refractivity contribution in [3.05, 3.63) is 29.8 Å². The van der Waals surface area contributed by atoms with Crippen LogP contribution in [0.15, 0.2) is 24.3 Å². The predicted octanol–water partition coefficient (Wildman–Crippen LogP) is 1.48. The molecular formula is C13H20N2O2. The van der Waals surface area contributed by atoms with E-state index in [1.165, 1.54) is 0 Å². The van der Waals surface area contributed by atoms with Crippen LogP contribution in [0.3, 0.4) is 0 Å². The van der Waals surface area contributed by atoms with Crippen molar-refractivity contribution in [1.29, 1.82) is 0 Å². The molecule has 1 aromatic rings. The first kappa shape index (κ1) is 13.5. The van der Waals surface area contributed by atoms with E-state index in [-0.39, 0.29) is 11.9 Å². The van der Waals surface area contributed by atoms with Crippen LogP contribution in [0.5, 0.6) is 5.75 Å². The second kappa shape index (κ2) is 6.91. The normalized spacial score (nSPS) is 11.9. The number of hydrogen-bond donors (Lipinski definition) is 2. The molecule has 0 unspecified atom stereocenters. The summed E-state index contributed by atoms with van der Waals surface area (Å²) >= 11 is 0. The van der Waals surface area contributed by atoms with Gasteiger partial charge < -0.3 is 15.4 Å². The fourth-order valence-corrected chi connectivity index (χ4v) is 1.53. The second-order valence-corrected chi connectivity index (χ2v) is 3.85. The first-order valence-electron chi connectivity index (χ1n) is 5.81. The molecule has 0 bridgehead atoms. The Balaban J connectivity index is 2.56. The number of ether oxygens (including phenoxy) is 1. The highest BCUT2D eigenvalue weighted by Gasteiger charge is 2.09. The molecule has 0 aliphatic rings.